The Kier molecular flexibility index (Phi) is 6.15. The highest BCUT2D eigenvalue weighted by Gasteiger charge is 2.20. The van der Waals surface area contributed by atoms with Crippen molar-refractivity contribution in [3.63, 3.8) is 0 Å². The van der Waals surface area contributed by atoms with E-state index in [0.29, 0.717) is 10.0 Å². The van der Waals surface area contributed by atoms with Crippen LogP contribution < -0.4 is 0 Å². The molecule has 1 aliphatic heterocycles. The number of nitrogens with zero attached hydrogens (tertiary/aromatic N) is 5. The minimum absolute atomic E-state index is 0.166. The van der Waals surface area contributed by atoms with Gasteiger partial charge in [0.2, 0.25) is 0 Å². The van der Waals surface area contributed by atoms with E-state index in [0.717, 1.165) is 49.4 Å². The van der Waals surface area contributed by atoms with Crippen molar-refractivity contribution < 1.29 is 4.84 Å². The van der Waals surface area contributed by atoms with Crippen molar-refractivity contribution in [2.24, 2.45) is 11.1 Å². The van der Waals surface area contributed by atoms with Gasteiger partial charge in [0.05, 0.1) is 28.0 Å². The van der Waals surface area contributed by atoms with Gasteiger partial charge in [-0.2, -0.15) is 10.4 Å². The highest BCUT2D eigenvalue weighted by molar-refractivity contribution is 6.42. The van der Waals surface area contributed by atoms with E-state index in [4.69, 9.17) is 33.3 Å². The molecular formula is C18H19Cl2N5O. The van der Waals surface area contributed by atoms with Gasteiger partial charge in [0.1, 0.15) is 12.8 Å². The van der Waals surface area contributed by atoms with E-state index in [9.17, 15) is 0 Å². The van der Waals surface area contributed by atoms with Gasteiger partial charge in [-0.3, -0.25) is 4.90 Å². The maximum absolute atomic E-state index is 9.05. The van der Waals surface area contributed by atoms with Crippen molar-refractivity contribution in [2.75, 3.05) is 20.2 Å². The average Bonchev–Trinajstić information content (AvgIpc) is 3.05. The first-order valence-corrected chi connectivity index (χ1v) is 9.08. The van der Waals surface area contributed by atoms with Gasteiger partial charge in [-0.25, -0.2) is 4.68 Å². The third-order valence-corrected chi connectivity index (χ3v) is 5.17. The molecule has 1 aliphatic rings. The Bertz CT molecular complexity index is 835. The lowest BCUT2D eigenvalue weighted by Gasteiger charge is -2.28. The predicted molar refractivity (Wildman–Crippen MR) is 102 cm³/mol. The quantitative estimate of drug-likeness (QED) is 0.572. The molecule has 1 fully saturated rings. The Hall–Kier alpha value is -2.07. The Morgan fingerprint density at radius 3 is 2.77 bits per heavy atom. The van der Waals surface area contributed by atoms with Gasteiger partial charge in [0.15, 0.2) is 0 Å². The highest BCUT2D eigenvalue weighted by atomic mass is 35.5. The molecule has 2 heterocycles. The summed E-state index contributed by atoms with van der Waals surface area (Å²) in [6, 6.07) is 7.74. The molecule has 1 aromatic heterocycles. The van der Waals surface area contributed by atoms with Gasteiger partial charge < -0.3 is 4.84 Å². The second-order valence-corrected chi connectivity index (χ2v) is 6.99. The van der Waals surface area contributed by atoms with Crippen LogP contribution in [0.25, 0.3) is 5.69 Å². The van der Waals surface area contributed by atoms with Gasteiger partial charge >= 0.3 is 0 Å². The minimum atomic E-state index is 0.166. The summed E-state index contributed by atoms with van der Waals surface area (Å²) in [7, 11) is 1.50. The number of oxime groups is 1. The first kappa shape index (κ1) is 18.7. The summed E-state index contributed by atoms with van der Waals surface area (Å²) >= 11 is 12.1. The van der Waals surface area contributed by atoms with E-state index >= 15 is 0 Å². The lowest BCUT2D eigenvalue weighted by Crippen LogP contribution is -2.32. The van der Waals surface area contributed by atoms with Gasteiger partial charge in [-0.05, 0) is 44.1 Å². The number of halogens is 2. The largest absolute Gasteiger partial charge is 0.399 e. The maximum Gasteiger partial charge on any atom is 0.112 e. The summed E-state index contributed by atoms with van der Waals surface area (Å²) in [5, 5.41) is 18.5. The smallest absolute Gasteiger partial charge is 0.112 e. The Morgan fingerprint density at radius 1 is 1.35 bits per heavy atom. The van der Waals surface area contributed by atoms with E-state index in [1.54, 1.807) is 23.0 Å². The molecule has 2 aromatic rings. The fraction of sp³-hybridized carbons (Fsp3) is 0.389. The molecular weight excluding hydrogens is 373 g/mol. The van der Waals surface area contributed by atoms with E-state index in [1.165, 1.54) is 7.11 Å². The fourth-order valence-corrected chi connectivity index (χ4v) is 3.27. The molecule has 0 atom stereocenters. The van der Waals surface area contributed by atoms with Crippen molar-refractivity contribution in [3.05, 3.63) is 45.7 Å². The lowest BCUT2D eigenvalue weighted by atomic mass is 9.98. The standard InChI is InChI=1S/C18H19Cl2N5O/c1-26-22-10-18-14(11-24-6-4-13(9-21)5-7-24)12-25(23-18)15-2-3-16(19)17(20)8-15/h2-3,8,10,12-13H,4-7,11H2,1H3/b22-10+. The zero-order valence-corrected chi connectivity index (χ0v) is 15.9. The highest BCUT2D eigenvalue weighted by Crippen LogP contribution is 2.25. The molecule has 1 aromatic carbocycles. The molecule has 0 aliphatic carbocycles. The summed E-state index contributed by atoms with van der Waals surface area (Å²) in [5.74, 6) is 0.166. The molecule has 0 unspecified atom stereocenters. The molecule has 0 bridgehead atoms. The lowest BCUT2D eigenvalue weighted by molar-refractivity contribution is 0.198. The van der Waals surface area contributed by atoms with Crippen LogP contribution in [0.5, 0.6) is 0 Å². The zero-order valence-electron chi connectivity index (χ0n) is 14.4. The van der Waals surface area contributed by atoms with E-state index in [2.05, 4.69) is 21.2 Å². The van der Waals surface area contributed by atoms with Crippen LogP contribution in [0.3, 0.4) is 0 Å². The second-order valence-electron chi connectivity index (χ2n) is 6.18. The van der Waals surface area contributed by atoms with Crippen LogP contribution in [0, 0.1) is 17.2 Å². The first-order chi connectivity index (χ1) is 12.6. The molecule has 6 nitrogen and oxygen atoms in total. The van der Waals surface area contributed by atoms with E-state index in [1.807, 2.05) is 12.3 Å². The Labute approximate surface area is 162 Å². The predicted octanol–water partition coefficient (Wildman–Crippen LogP) is 3.89. The molecule has 136 valence electrons. The minimum Gasteiger partial charge on any atom is -0.399 e. The molecule has 0 saturated carbocycles. The summed E-state index contributed by atoms with van der Waals surface area (Å²) in [6.45, 7) is 2.54. The third-order valence-electron chi connectivity index (χ3n) is 4.43. The number of likely N-dealkylation sites (tertiary alicyclic amines) is 1. The normalized spacial score (nSPS) is 16.1. The SMILES string of the molecule is CO/N=C/c1nn(-c2ccc(Cl)c(Cl)c2)cc1CN1CCC(C#N)CC1. The van der Waals surface area contributed by atoms with Gasteiger partial charge in [0, 0.05) is 24.2 Å². The van der Waals surface area contributed by atoms with Crippen LogP contribution in [0.2, 0.25) is 10.0 Å². The van der Waals surface area contributed by atoms with Gasteiger partial charge in [-0.15, -0.1) is 0 Å². The maximum atomic E-state index is 9.05. The molecule has 26 heavy (non-hydrogen) atoms. The topological polar surface area (TPSA) is 66.4 Å². The van der Waals surface area contributed by atoms with Crippen molar-refractivity contribution in [2.45, 2.75) is 19.4 Å². The molecule has 0 spiro atoms. The zero-order chi connectivity index (χ0) is 18.5. The fourth-order valence-electron chi connectivity index (χ4n) is 2.98. The second kappa shape index (κ2) is 8.54. The monoisotopic (exact) mass is 391 g/mol. The van der Waals surface area contributed by atoms with E-state index < -0.39 is 0 Å². The van der Waals surface area contributed by atoms with Gasteiger partial charge in [0.25, 0.3) is 0 Å². The van der Waals surface area contributed by atoms with Crippen molar-refractivity contribution in [1.82, 2.24) is 14.7 Å². The van der Waals surface area contributed by atoms with Crippen LogP contribution in [0.15, 0.2) is 29.6 Å². The van der Waals surface area contributed by atoms with Crippen LogP contribution in [-0.4, -0.2) is 41.1 Å². The first-order valence-electron chi connectivity index (χ1n) is 8.33. The van der Waals surface area contributed by atoms with Crippen LogP contribution >= 0.6 is 23.2 Å². The number of hydrogen-bond acceptors (Lipinski definition) is 5. The Morgan fingerprint density at radius 2 is 2.12 bits per heavy atom. The van der Waals surface area contributed by atoms with Gasteiger partial charge in [-0.1, -0.05) is 28.4 Å². The number of benzene rings is 1. The molecule has 0 N–H and O–H groups in total. The summed E-state index contributed by atoms with van der Waals surface area (Å²) in [4.78, 5) is 7.13. The molecule has 0 radical (unpaired) electrons. The number of rotatable bonds is 5. The van der Waals surface area contributed by atoms with Crippen LogP contribution in [0.1, 0.15) is 24.1 Å². The summed E-state index contributed by atoms with van der Waals surface area (Å²) < 4.78 is 1.76. The van der Waals surface area contributed by atoms with Crippen molar-refractivity contribution in [1.29, 1.82) is 5.26 Å². The van der Waals surface area contributed by atoms with Crippen LogP contribution in [-0.2, 0) is 11.4 Å². The number of piperidine rings is 1. The van der Waals surface area contributed by atoms with Crippen molar-refractivity contribution >= 4 is 29.4 Å². The average molecular weight is 392 g/mol. The molecule has 0 amide bonds. The Balaban J connectivity index is 1.84. The number of hydrogen-bond donors (Lipinski definition) is 0. The summed E-state index contributed by atoms with van der Waals surface area (Å²) in [6.07, 6.45) is 5.37. The molecule has 8 heteroatoms. The third kappa shape index (κ3) is 4.36. The van der Waals surface area contributed by atoms with Crippen molar-refractivity contribution in [3.8, 4) is 11.8 Å². The number of nitriles is 1. The molecule has 1 saturated heterocycles. The molecule has 3 rings (SSSR count). The summed E-state index contributed by atoms with van der Waals surface area (Å²) in [5.41, 5.74) is 2.59. The van der Waals surface area contributed by atoms with E-state index in [-0.39, 0.29) is 5.92 Å². The van der Waals surface area contributed by atoms with Crippen LogP contribution in [0.4, 0.5) is 0 Å². The number of aromatic nitrogens is 2.